The highest BCUT2D eigenvalue weighted by Gasteiger charge is 2.14. The molecule has 0 fully saturated rings. The van der Waals surface area contributed by atoms with Crippen LogP contribution in [0.5, 0.6) is 0 Å². The molecule has 8 heteroatoms. The largest absolute Gasteiger partial charge is 0.380 e. The summed E-state index contributed by atoms with van der Waals surface area (Å²) in [6, 6.07) is 3.96. The van der Waals surface area contributed by atoms with Crippen molar-refractivity contribution in [2.24, 2.45) is 0 Å². The van der Waals surface area contributed by atoms with Crippen LogP contribution in [-0.4, -0.2) is 28.7 Å². The number of aromatic nitrogens is 2. The topological polar surface area (TPSA) is 87.9 Å². The van der Waals surface area contributed by atoms with Crippen LogP contribution >= 0.6 is 23.1 Å². The second-order valence-electron chi connectivity index (χ2n) is 4.32. The van der Waals surface area contributed by atoms with Gasteiger partial charge in [0.05, 0.1) is 17.9 Å². The number of aryl methyl sites for hydroxylation is 1. The van der Waals surface area contributed by atoms with E-state index >= 15 is 0 Å². The molecule has 6 nitrogen and oxygen atoms in total. The molecular weight excluding hydrogens is 320 g/mol. The lowest BCUT2D eigenvalue weighted by atomic mass is 10.1. The molecule has 2 rings (SSSR count). The number of amides is 1. The van der Waals surface area contributed by atoms with Gasteiger partial charge in [-0.15, -0.1) is 11.3 Å². The molecule has 0 spiro atoms. The molecule has 0 aliphatic rings. The summed E-state index contributed by atoms with van der Waals surface area (Å²) in [5, 5.41) is 14.9. The number of pyridine rings is 1. The minimum atomic E-state index is -0.180. The Labute approximate surface area is 136 Å². The number of rotatable bonds is 6. The molecule has 1 N–H and O–H groups in total. The first-order valence-electron chi connectivity index (χ1n) is 6.35. The fourth-order valence-electron chi connectivity index (χ4n) is 1.78. The van der Waals surface area contributed by atoms with E-state index in [0.29, 0.717) is 22.3 Å². The van der Waals surface area contributed by atoms with Crippen LogP contribution in [0.2, 0.25) is 0 Å². The van der Waals surface area contributed by atoms with E-state index in [-0.39, 0.29) is 11.7 Å². The summed E-state index contributed by atoms with van der Waals surface area (Å²) in [5.74, 6) is -0.0163. The third-order valence-electron chi connectivity index (χ3n) is 2.63. The molecule has 22 heavy (non-hydrogen) atoms. The fraction of sp³-hybridized carbons (Fsp3) is 0.286. The van der Waals surface area contributed by atoms with E-state index in [1.165, 1.54) is 23.1 Å². The van der Waals surface area contributed by atoms with Crippen molar-refractivity contribution in [3.05, 3.63) is 34.5 Å². The Morgan fingerprint density at radius 2 is 2.41 bits per heavy atom. The Balaban J connectivity index is 2.08. The summed E-state index contributed by atoms with van der Waals surface area (Å²) in [6.07, 6.45) is 1.63. The third kappa shape index (κ3) is 4.27. The van der Waals surface area contributed by atoms with Gasteiger partial charge in [-0.25, -0.2) is 9.97 Å². The Kier molecular flexibility index (Phi) is 5.89. The molecule has 114 valence electrons. The molecular formula is C14H14N4O2S2. The van der Waals surface area contributed by atoms with Gasteiger partial charge in [-0.3, -0.25) is 4.79 Å². The molecule has 2 aromatic heterocycles. The number of thioether (sulfide) groups is 1. The Hall–Kier alpha value is -1.95. The minimum Gasteiger partial charge on any atom is -0.380 e. The molecule has 0 aliphatic heterocycles. The van der Waals surface area contributed by atoms with E-state index in [1.807, 2.05) is 13.0 Å². The number of carbonyl (C=O) groups excluding carboxylic acids is 1. The molecule has 0 radical (unpaired) electrons. The molecule has 2 heterocycles. The van der Waals surface area contributed by atoms with Crippen LogP contribution in [0.3, 0.4) is 0 Å². The first kappa shape index (κ1) is 16.4. The van der Waals surface area contributed by atoms with Gasteiger partial charge in [0.1, 0.15) is 11.1 Å². The molecule has 0 saturated heterocycles. The highest BCUT2D eigenvalue weighted by Crippen LogP contribution is 2.24. The van der Waals surface area contributed by atoms with Crippen LogP contribution in [0.1, 0.15) is 16.8 Å². The summed E-state index contributed by atoms with van der Waals surface area (Å²) < 4.78 is 5.10. The fourth-order valence-corrected chi connectivity index (χ4v) is 3.19. The maximum absolute atomic E-state index is 11.9. The zero-order valence-corrected chi connectivity index (χ0v) is 13.8. The SMILES string of the molecule is COCc1cc(C)nc(SCC(=O)Nc2nccs2)c1C#N. The van der Waals surface area contributed by atoms with Crippen molar-refractivity contribution in [1.29, 1.82) is 5.26 Å². The monoisotopic (exact) mass is 334 g/mol. The van der Waals surface area contributed by atoms with Gasteiger partial charge in [0.25, 0.3) is 0 Å². The molecule has 1 amide bonds. The number of carbonyl (C=O) groups is 1. The van der Waals surface area contributed by atoms with E-state index < -0.39 is 0 Å². The van der Waals surface area contributed by atoms with Crippen molar-refractivity contribution >= 4 is 34.1 Å². The van der Waals surface area contributed by atoms with Gasteiger partial charge >= 0.3 is 0 Å². The molecule has 0 aromatic carbocycles. The minimum absolute atomic E-state index is 0.164. The number of thiazole rings is 1. The number of nitrogens with one attached hydrogen (secondary N) is 1. The normalized spacial score (nSPS) is 10.2. The number of anilines is 1. The van der Waals surface area contributed by atoms with Gasteiger partial charge in [0.15, 0.2) is 5.13 Å². The quantitative estimate of drug-likeness (QED) is 0.817. The maximum Gasteiger partial charge on any atom is 0.236 e. The lowest BCUT2D eigenvalue weighted by Crippen LogP contribution is -2.14. The summed E-state index contributed by atoms with van der Waals surface area (Å²) in [6.45, 7) is 2.19. The zero-order valence-electron chi connectivity index (χ0n) is 12.1. The number of ether oxygens (including phenoxy) is 1. The van der Waals surface area contributed by atoms with Crippen molar-refractivity contribution in [2.45, 2.75) is 18.6 Å². The zero-order chi connectivity index (χ0) is 15.9. The van der Waals surface area contributed by atoms with Crippen LogP contribution in [0.4, 0.5) is 5.13 Å². The van der Waals surface area contributed by atoms with E-state index in [4.69, 9.17) is 4.74 Å². The highest BCUT2D eigenvalue weighted by atomic mass is 32.2. The van der Waals surface area contributed by atoms with Crippen molar-refractivity contribution in [2.75, 3.05) is 18.2 Å². The van der Waals surface area contributed by atoms with Crippen molar-refractivity contribution in [3.63, 3.8) is 0 Å². The van der Waals surface area contributed by atoms with Gasteiger partial charge in [0.2, 0.25) is 5.91 Å². The van der Waals surface area contributed by atoms with Crippen LogP contribution in [0, 0.1) is 18.3 Å². The van der Waals surface area contributed by atoms with Gasteiger partial charge in [-0.2, -0.15) is 5.26 Å². The van der Waals surface area contributed by atoms with Crippen LogP contribution in [-0.2, 0) is 16.1 Å². The van der Waals surface area contributed by atoms with E-state index in [0.717, 1.165) is 11.3 Å². The number of nitriles is 1. The standard InChI is InChI=1S/C14H14N4O2S2/c1-9-5-10(7-20-2)11(6-15)13(17-9)22-8-12(19)18-14-16-3-4-21-14/h3-5H,7-8H2,1-2H3,(H,16,18,19). The Morgan fingerprint density at radius 1 is 1.59 bits per heavy atom. The van der Waals surface area contributed by atoms with Crippen LogP contribution in [0.15, 0.2) is 22.7 Å². The molecule has 0 aliphatic carbocycles. The average molecular weight is 334 g/mol. The summed E-state index contributed by atoms with van der Waals surface area (Å²) in [7, 11) is 1.57. The molecule has 0 unspecified atom stereocenters. The number of methoxy groups -OCH3 is 1. The molecule has 0 saturated carbocycles. The predicted octanol–water partition coefficient (Wildman–Crippen LogP) is 2.60. The lowest BCUT2D eigenvalue weighted by molar-refractivity contribution is -0.113. The van der Waals surface area contributed by atoms with Gasteiger partial charge in [0, 0.05) is 24.4 Å². The number of hydrogen-bond acceptors (Lipinski definition) is 7. The Bertz CT molecular complexity index is 696. The van der Waals surface area contributed by atoms with Crippen LogP contribution < -0.4 is 5.32 Å². The summed E-state index contributed by atoms with van der Waals surface area (Å²) in [4.78, 5) is 20.2. The van der Waals surface area contributed by atoms with Crippen molar-refractivity contribution in [3.8, 4) is 6.07 Å². The maximum atomic E-state index is 11.9. The smallest absolute Gasteiger partial charge is 0.236 e. The average Bonchev–Trinajstić information content (AvgIpc) is 2.98. The summed E-state index contributed by atoms with van der Waals surface area (Å²) in [5.41, 5.74) is 2.02. The van der Waals surface area contributed by atoms with Gasteiger partial charge in [-0.05, 0) is 18.6 Å². The van der Waals surface area contributed by atoms with E-state index in [9.17, 15) is 10.1 Å². The third-order valence-corrected chi connectivity index (χ3v) is 4.29. The predicted molar refractivity (Wildman–Crippen MR) is 85.9 cm³/mol. The molecule has 2 aromatic rings. The lowest BCUT2D eigenvalue weighted by Gasteiger charge is -2.09. The molecule has 0 atom stereocenters. The molecule has 0 bridgehead atoms. The Morgan fingerprint density at radius 3 is 3.05 bits per heavy atom. The van der Waals surface area contributed by atoms with E-state index in [1.54, 1.807) is 18.7 Å². The second kappa shape index (κ2) is 7.89. The van der Waals surface area contributed by atoms with Crippen molar-refractivity contribution in [1.82, 2.24) is 9.97 Å². The van der Waals surface area contributed by atoms with E-state index in [2.05, 4.69) is 21.4 Å². The van der Waals surface area contributed by atoms with Crippen molar-refractivity contribution < 1.29 is 9.53 Å². The van der Waals surface area contributed by atoms with Gasteiger partial charge < -0.3 is 10.1 Å². The first-order valence-corrected chi connectivity index (χ1v) is 8.22. The van der Waals surface area contributed by atoms with Crippen LogP contribution in [0.25, 0.3) is 0 Å². The summed E-state index contributed by atoms with van der Waals surface area (Å²) >= 11 is 2.59. The second-order valence-corrected chi connectivity index (χ2v) is 6.18. The first-order chi connectivity index (χ1) is 10.6. The number of nitrogens with zero attached hydrogens (tertiary/aromatic N) is 3. The number of hydrogen-bond donors (Lipinski definition) is 1. The van der Waals surface area contributed by atoms with Gasteiger partial charge in [-0.1, -0.05) is 11.8 Å². The highest BCUT2D eigenvalue weighted by molar-refractivity contribution is 8.00.